The Morgan fingerprint density at radius 2 is 2.05 bits per heavy atom. The quantitative estimate of drug-likeness (QED) is 0.874. The normalized spacial score (nSPS) is 16.8. The molecule has 0 unspecified atom stereocenters. The van der Waals surface area contributed by atoms with Gasteiger partial charge in [0.15, 0.2) is 0 Å². The largest absolute Gasteiger partial charge is 0.369 e. The zero-order valence-electron chi connectivity index (χ0n) is 11.2. The molecule has 1 fully saturated rings. The Labute approximate surface area is 118 Å². The van der Waals surface area contributed by atoms with Crippen LogP contribution in [-0.4, -0.2) is 48.1 Å². The minimum Gasteiger partial charge on any atom is -0.369 e. The highest BCUT2D eigenvalue weighted by molar-refractivity contribution is 7.89. The summed E-state index contributed by atoms with van der Waals surface area (Å²) in [5.41, 5.74) is 0.803. The number of anilines is 1. The Bertz CT molecular complexity index is 689. The maximum atomic E-state index is 12.1. The van der Waals surface area contributed by atoms with Gasteiger partial charge in [-0.15, -0.1) is 0 Å². The van der Waals surface area contributed by atoms with Crippen LogP contribution in [0.3, 0.4) is 0 Å². The maximum Gasteiger partial charge on any atom is 0.215 e. The highest BCUT2D eigenvalue weighted by atomic mass is 32.2. The molecule has 0 spiro atoms. The summed E-state index contributed by atoms with van der Waals surface area (Å²) in [5.74, 6) is 0.800. The Hall–Kier alpha value is -1.60. The van der Waals surface area contributed by atoms with Crippen LogP contribution in [0.15, 0.2) is 24.4 Å². The standard InChI is InChI=1S/C13H18N4O2S/c18-20(19,17-8-1-2-9-17)10-7-14-12-4-3-11-5-6-15-13(11)16-12/h3-6H,1-2,7-10H2,(H2,14,15,16). The van der Waals surface area contributed by atoms with Crippen molar-refractivity contribution in [1.29, 1.82) is 0 Å². The van der Waals surface area contributed by atoms with Gasteiger partial charge in [0, 0.05) is 31.2 Å². The topological polar surface area (TPSA) is 78.1 Å². The number of H-pyrrole nitrogens is 1. The summed E-state index contributed by atoms with van der Waals surface area (Å²) >= 11 is 0. The third-order valence-electron chi connectivity index (χ3n) is 3.53. The van der Waals surface area contributed by atoms with Crippen LogP contribution < -0.4 is 5.32 Å². The zero-order valence-corrected chi connectivity index (χ0v) is 12.0. The van der Waals surface area contributed by atoms with Crippen molar-refractivity contribution in [3.8, 4) is 0 Å². The summed E-state index contributed by atoms with van der Waals surface area (Å²) in [6.45, 7) is 1.70. The van der Waals surface area contributed by atoms with E-state index in [1.807, 2.05) is 24.4 Å². The van der Waals surface area contributed by atoms with E-state index in [-0.39, 0.29) is 5.75 Å². The molecule has 6 nitrogen and oxygen atoms in total. The molecule has 0 aliphatic carbocycles. The number of nitrogens with zero attached hydrogens (tertiary/aromatic N) is 2. The van der Waals surface area contributed by atoms with Crippen LogP contribution in [0.1, 0.15) is 12.8 Å². The molecule has 108 valence electrons. The summed E-state index contributed by atoms with van der Waals surface area (Å²) in [4.78, 5) is 7.41. The zero-order chi connectivity index (χ0) is 14.0. The van der Waals surface area contributed by atoms with E-state index in [0.29, 0.717) is 25.5 Å². The van der Waals surface area contributed by atoms with Crippen LogP contribution in [0.2, 0.25) is 0 Å². The first kappa shape index (κ1) is 13.4. The van der Waals surface area contributed by atoms with Crippen molar-refractivity contribution in [3.05, 3.63) is 24.4 Å². The van der Waals surface area contributed by atoms with Crippen LogP contribution >= 0.6 is 0 Å². The molecule has 1 aliphatic heterocycles. The van der Waals surface area contributed by atoms with E-state index >= 15 is 0 Å². The Balaban J connectivity index is 1.59. The number of fused-ring (bicyclic) bond motifs is 1. The van der Waals surface area contributed by atoms with E-state index in [2.05, 4.69) is 15.3 Å². The third kappa shape index (κ3) is 2.78. The summed E-state index contributed by atoms with van der Waals surface area (Å²) in [7, 11) is -3.13. The molecule has 2 aromatic rings. The van der Waals surface area contributed by atoms with Gasteiger partial charge in [-0.2, -0.15) is 0 Å². The van der Waals surface area contributed by atoms with Crippen LogP contribution in [0.4, 0.5) is 5.82 Å². The number of hydrogen-bond acceptors (Lipinski definition) is 4. The van der Waals surface area contributed by atoms with Crippen molar-refractivity contribution in [2.24, 2.45) is 0 Å². The van der Waals surface area contributed by atoms with Crippen LogP contribution in [-0.2, 0) is 10.0 Å². The predicted molar refractivity (Wildman–Crippen MR) is 79.2 cm³/mol. The molecule has 0 aromatic carbocycles. The van der Waals surface area contributed by atoms with Crippen LogP contribution in [0, 0.1) is 0 Å². The van der Waals surface area contributed by atoms with Gasteiger partial charge >= 0.3 is 0 Å². The lowest BCUT2D eigenvalue weighted by atomic mass is 10.3. The first-order valence-corrected chi connectivity index (χ1v) is 8.42. The fourth-order valence-corrected chi connectivity index (χ4v) is 3.87. The molecule has 0 saturated carbocycles. The number of nitrogens with one attached hydrogen (secondary N) is 2. The Morgan fingerprint density at radius 3 is 2.85 bits per heavy atom. The summed E-state index contributed by atoms with van der Waals surface area (Å²) < 4.78 is 25.7. The molecule has 3 heterocycles. The fraction of sp³-hybridized carbons (Fsp3) is 0.462. The number of aromatic nitrogens is 2. The highest BCUT2D eigenvalue weighted by Crippen LogP contribution is 2.14. The summed E-state index contributed by atoms with van der Waals surface area (Å²) in [5, 5.41) is 4.11. The SMILES string of the molecule is O=S(=O)(CCNc1ccc2cc[nH]c2n1)N1CCCC1. The minimum atomic E-state index is -3.13. The lowest BCUT2D eigenvalue weighted by Crippen LogP contribution is -2.32. The minimum absolute atomic E-state index is 0.109. The molecule has 0 amide bonds. The van der Waals surface area contributed by atoms with Gasteiger partial charge in [0.25, 0.3) is 0 Å². The van der Waals surface area contributed by atoms with Crippen molar-refractivity contribution in [1.82, 2.24) is 14.3 Å². The maximum absolute atomic E-state index is 12.1. The van der Waals surface area contributed by atoms with Gasteiger partial charge in [-0.3, -0.25) is 0 Å². The van der Waals surface area contributed by atoms with Crippen molar-refractivity contribution in [2.75, 3.05) is 30.7 Å². The molecule has 2 N–H and O–H groups in total. The molecule has 0 atom stereocenters. The molecule has 0 radical (unpaired) electrons. The molecular formula is C13H18N4O2S. The Kier molecular flexibility index (Phi) is 3.62. The number of sulfonamides is 1. The second-order valence-electron chi connectivity index (χ2n) is 4.96. The van der Waals surface area contributed by atoms with Crippen LogP contribution in [0.25, 0.3) is 11.0 Å². The number of rotatable bonds is 5. The van der Waals surface area contributed by atoms with Gasteiger partial charge in [0.1, 0.15) is 11.5 Å². The van der Waals surface area contributed by atoms with Crippen LogP contribution in [0.5, 0.6) is 0 Å². The second-order valence-corrected chi connectivity index (χ2v) is 7.05. The molecule has 0 bridgehead atoms. The van der Waals surface area contributed by atoms with Gasteiger partial charge in [0.05, 0.1) is 5.75 Å². The fourth-order valence-electron chi connectivity index (χ4n) is 2.43. The van der Waals surface area contributed by atoms with Crippen molar-refractivity contribution in [3.63, 3.8) is 0 Å². The molecule has 7 heteroatoms. The second kappa shape index (κ2) is 5.41. The lowest BCUT2D eigenvalue weighted by molar-refractivity contribution is 0.478. The molecule has 1 aliphatic rings. The smallest absolute Gasteiger partial charge is 0.215 e. The predicted octanol–water partition coefficient (Wildman–Crippen LogP) is 1.40. The molecule has 3 rings (SSSR count). The van der Waals surface area contributed by atoms with E-state index in [9.17, 15) is 8.42 Å². The van der Waals surface area contributed by atoms with Gasteiger partial charge in [-0.05, 0) is 31.0 Å². The molecular weight excluding hydrogens is 276 g/mol. The monoisotopic (exact) mass is 294 g/mol. The van der Waals surface area contributed by atoms with E-state index in [0.717, 1.165) is 23.9 Å². The molecule has 1 saturated heterocycles. The Morgan fingerprint density at radius 1 is 1.25 bits per heavy atom. The van der Waals surface area contributed by atoms with E-state index in [1.54, 1.807) is 4.31 Å². The summed E-state index contributed by atoms with van der Waals surface area (Å²) in [6.07, 6.45) is 3.77. The van der Waals surface area contributed by atoms with Crippen molar-refractivity contribution < 1.29 is 8.42 Å². The van der Waals surface area contributed by atoms with Gasteiger partial charge < -0.3 is 10.3 Å². The first-order valence-electron chi connectivity index (χ1n) is 6.81. The lowest BCUT2D eigenvalue weighted by Gasteiger charge is -2.15. The van der Waals surface area contributed by atoms with Gasteiger partial charge in [-0.1, -0.05) is 0 Å². The van der Waals surface area contributed by atoms with Gasteiger partial charge in [0.2, 0.25) is 10.0 Å². The van der Waals surface area contributed by atoms with E-state index in [1.165, 1.54) is 0 Å². The number of pyridine rings is 1. The van der Waals surface area contributed by atoms with Gasteiger partial charge in [-0.25, -0.2) is 17.7 Å². The third-order valence-corrected chi connectivity index (χ3v) is 5.41. The average molecular weight is 294 g/mol. The molecule has 20 heavy (non-hydrogen) atoms. The summed E-state index contributed by atoms with van der Waals surface area (Å²) in [6, 6.07) is 5.76. The first-order chi connectivity index (χ1) is 9.65. The van der Waals surface area contributed by atoms with Crippen molar-refractivity contribution in [2.45, 2.75) is 12.8 Å². The van der Waals surface area contributed by atoms with Crippen molar-refractivity contribution >= 4 is 26.9 Å². The number of aromatic amines is 1. The highest BCUT2D eigenvalue weighted by Gasteiger charge is 2.24. The van der Waals surface area contributed by atoms with E-state index in [4.69, 9.17) is 0 Å². The van der Waals surface area contributed by atoms with E-state index < -0.39 is 10.0 Å². The molecule has 2 aromatic heterocycles. The number of hydrogen-bond donors (Lipinski definition) is 2. The average Bonchev–Trinajstić information content (AvgIpc) is 3.09.